The van der Waals surface area contributed by atoms with E-state index in [1.807, 2.05) is 0 Å². The van der Waals surface area contributed by atoms with Gasteiger partial charge >= 0.3 is 11.9 Å². The maximum Gasteiger partial charge on any atom is 0.336 e. The van der Waals surface area contributed by atoms with Crippen molar-refractivity contribution in [2.45, 2.75) is 44.8 Å². The second-order valence-corrected chi connectivity index (χ2v) is 8.90. The maximum absolute atomic E-state index is 13.3. The number of esters is 2. The van der Waals surface area contributed by atoms with Gasteiger partial charge in [-0.25, -0.2) is 19.2 Å². The summed E-state index contributed by atoms with van der Waals surface area (Å²) < 4.78 is 12.0. The number of allylic oxidation sites excluding steroid dienone is 1. The lowest BCUT2D eigenvalue weighted by Crippen LogP contribution is -2.36. The Morgan fingerprint density at radius 2 is 1.89 bits per heavy atom. The van der Waals surface area contributed by atoms with Crippen molar-refractivity contribution in [1.82, 2.24) is 15.0 Å². The monoisotopic (exact) mass is 543 g/mol. The first-order valence-corrected chi connectivity index (χ1v) is 12.5. The fraction of sp³-hybridized carbons (Fsp3) is 0.360. The van der Waals surface area contributed by atoms with Crippen LogP contribution in [-0.4, -0.2) is 50.9 Å². The van der Waals surface area contributed by atoms with Crippen molar-refractivity contribution in [3.63, 3.8) is 0 Å². The molecule has 2 aromatic rings. The largest absolute Gasteiger partial charge is 0.463 e. The van der Waals surface area contributed by atoms with Crippen molar-refractivity contribution in [3.05, 3.63) is 81.2 Å². The molecule has 2 N–H and O–H groups in total. The van der Waals surface area contributed by atoms with Crippen LogP contribution in [0.3, 0.4) is 0 Å². The normalized spacial score (nSPS) is 15.9. The summed E-state index contributed by atoms with van der Waals surface area (Å²) in [5, 5.41) is 14.0. The number of hydrogen-bond acceptors (Lipinski definition) is 10. The first kappa shape index (κ1) is 28.4. The topological polar surface area (TPSA) is 155 Å². The van der Waals surface area contributed by atoms with Crippen LogP contribution in [0.4, 0.5) is 5.69 Å². The lowest BCUT2D eigenvalue weighted by atomic mass is 9.79. The first-order valence-electron chi connectivity index (χ1n) is 11.9. The van der Waals surface area contributed by atoms with E-state index in [4.69, 9.17) is 9.47 Å². The molecule has 0 saturated heterocycles. The van der Waals surface area contributed by atoms with Crippen LogP contribution in [-0.2, 0) is 23.9 Å². The summed E-state index contributed by atoms with van der Waals surface area (Å²) in [6.07, 6.45) is 4.82. The molecule has 1 amide bonds. The Labute approximate surface area is 224 Å². The van der Waals surface area contributed by atoms with Gasteiger partial charge in [0.1, 0.15) is 6.33 Å². The van der Waals surface area contributed by atoms with E-state index in [1.54, 1.807) is 33.0 Å². The predicted molar refractivity (Wildman–Crippen MR) is 141 cm³/mol. The van der Waals surface area contributed by atoms with Crippen molar-refractivity contribution < 1.29 is 28.8 Å². The Kier molecular flexibility index (Phi) is 9.66. The molecule has 1 aliphatic heterocycles. The molecule has 1 aromatic carbocycles. The van der Waals surface area contributed by atoms with E-state index in [9.17, 15) is 24.5 Å². The third kappa shape index (κ3) is 6.59. The number of dihydropyridines is 1. The second kappa shape index (κ2) is 12.9. The number of nitro groups is 1. The van der Waals surface area contributed by atoms with E-state index in [0.29, 0.717) is 17.0 Å². The molecule has 0 saturated carbocycles. The van der Waals surface area contributed by atoms with E-state index in [2.05, 4.69) is 28.4 Å². The summed E-state index contributed by atoms with van der Waals surface area (Å²) in [6.45, 7) is 5.08. The van der Waals surface area contributed by atoms with Gasteiger partial charge in [-0.2, -0.15) is 12.6 Å². The molecule has 0 aliphatic carbocycles. The Hall–Kier alpha value is -4.13. The Morgan fingerprint density at radius 1 is 1.21 bits per heavy atom. The number of non-ortho nitro benzene ring substituents is 1. The Balaban J connectivity index is 2.07. The van der Waals surface area contributed by atoms with Crippen molar-refractivity contribution >= 4 is 36.2 Å². The number of carbonyl (C=O) groups excluding carboxylic acids is 3. The van der Waals surface area contributed by atoms with Gasteiger partial charge in [-0.05, 0) is 32.8 Å². The zero-order valence-electron chi connectivity index (χ0n) is 21.2. The summed E-state index contributed by atoms with van der Waals surface area (Å²) in [4.78, 5) is 53.7. The molecular weight excluding hydrogens is 514 g/mol. The van der Waals surface area contributed by atoms with Gasteiger partial charge in [0.25, 0.3) is 5.69 Å². The fourth-order valence-corrected chi connectivity index (χ4v) is 4.45. The molecule has 0 spiro atoms. The number of nitro benzene ring substituents is 1. The average molecular weight is 544 g/mol. The van der Waals surface area contributed by atoms with Crippen LogP contribution in [0.25, 0.3) is 0 Å². The van der Waals surface area contributed by atoms with E-state index in [0.717, 1.165) is 0 Å². The number of aromatic nitrogens is 2. The van der Waals surface area contributed by atoms with Gasteiger partial charge in [-0.1, -0.05) is 12.1 Å². The van der Waals surface area contributed by atoms with E-state index >= 15 is 0 Å². The van der Waals surface area contributed by atoms with Gasteiger partial charge in [0.2, 0.25) is 5.91 Å². The molecule has 2 unspecified atom stereocenters. The predicted octanol–water partition coefficient (Wildman–Crippen LogP) is 2.98. The summed E-state index contributed by atoms with van der Waals surface area (Å²) in [7, 11) is 0. The molecule has 202 valence electrons. The molecule has 38 heavy (non-hydrogen) atoms. The summed E-state index contributed by atoms with van der Waals surface area (Å²) >= 11 is 4.68. The second-order valence-electron chi connectivity index (χ2n) is 8.28. The molecule has 3 rings (SSSR count). The van der Waals surface area contributed by atoms with Crippen molar-refractivity contribution in [1.29, 1.82) is 0 Å². The van der Waals surface area contributed by atoms with Crippen LogP contribution < -0.4 is 10.7 Å². The van der Waals surface area contributed by atoms with Crippen LogP contribution in [0.5, 0.6) is 0 Å². The highest BCUT2D eigenvalue weighted by Crippen LogP contribution is 2.42. The quantitative estimate of drug-likeness (QED) is 0.168. The van der Waals surface area contributed by atoms with Gasteiger partial charge < -0.3 is 14.8 Å². The molecule has 0 bridgehead atoms. The van der Waals surface area contributed by atoms with Gasteiger partial charge in [0.05, 0.1) is 35.2 Å². The highest BCUT2D eigenvalue weighted by molar-refractivity contribution is 7.81. The third-order valence-electron chi connectivity index (χ3n) is 5.74. The number of ether oxygens (including phenoxy) is 2. The van der Waals surface area contributed by atoms with Crippen LogP contribution >= 0.6 is 12.6 Å². The minimum Gasteiger partial charge on any atom is -0.463 e. The SMILES string of the molecule is CCOC(=O)C1=C(C)NC(C(S)CCC(=O)Nn2ccnc2)=C(C(=O)OCC)C1c1cccc([N+](=O)[O-])c1. The van der Waals surface area contributed by atoms with Crippen LogP contribution in [0, 0.1) is 10.1 Å². The van der Waals surface area contributed by atoms with E-state index in [-0.39, 0.29) is 48.8 Å². The number of rotatable bonds is 11. The molecule has 2 heterocycles. The van der Waals surface area contributed by atoms with Gasteiger partial charge in [-0.3, -0.25) is 20.3 Å². The lowest BCUT2D eigenvalue weighted by Gasteiger charge is -2.33. The zero-order chi connectivity index (χ0) is 27.8. The molecule has 0 radical (unpaired) electrons. The molecule has 1 aromatic heterocycles. The van der Waals surface area contributed by atoms with Crippen molar-refractivity contribution in [3.8, 4) is 0 Å². The number of hydrogen-bond donors (Lipinski definition) is 3. The lowest BCUT2D eigenvalue weighted by molar-refractivity contribution is -0.384. The number of thiol groups is 1. The summed E-state index contributed by atoms with van der Waals surface area (Å²) in [6, 6.07) is 5.71. The Morgan fingerprint density at radius 3 is 2.50 bits per heavy atom. The van der Waals surface area contributed by atoms with E-state index in [1.165, 1.54) is 35.4 Å². The number of carbonyl (C=O) groups is 3. The Bertz CT molecular complexity index is 1270. The molecule has 12 nitrogen and oxygen atoms in total. The van der Waals surface area contributed by atoms with Crippen LogP contribution in [0.1, 0.15) is 45.1 Å². The summed E-state index contributed by atoms with van der Waals surface area (Å²) in [5.74, 6) is -2.72. The number of nitrogens with zero attached hydrogens (tertiary/aromatic N) is 3. The number of nitrogens with one attached hydrogen (secondary N) is 2. The van der Waals surface area contributed by atoms with Crippen molar-refractivity contribution in [2.24, 2.45) is 0 Å². The maximum atomic E-state index is 13.3. The average Bonchev–Trinajstić information content (AvgIpc) is 3.39. The molecule has 13 heteroatoms. The number of imidazole rings is 1. The van der Waals surface area contributed by atoms with Gasteiger partial charge in [0.15, 0.2) is 0 Å². The fourth-order valence-electron chi connectivity index (χ4n) is 4.12. The molecule has 2 atom stereocenters. The third-order valence-corrected chi connectivity index (χ3v) is 6.25. The highest BCUT2D eigenvalue weighted by atomic mass is 32.1. The van der Waals surface area contributed by atoms with Gasteiger partial charge in [-0.15, -0.1) is 0 Å². The van der Waals surface area contributed by atoms with Crippen molar-refractivity contribution in [2.75, 3.05) is 18.6 Å². The van der Waals surface area contributed by atoms with Gasteiger partial charge in [0, 0.05) is 47.6 Å². The molecule has 1 aliphatic rings. The molecular formula is C25H29N5O7S. The van der Waals surface area contributed by atoms with Crippen LogP contribution in [0.2, 0.25) is 0 Å². The first-order chi connectivity index (χ1) is 18.2. The standard InChI is InChI=1S/C25H29N5O7S/c1-4-36-24(32)20-15(3)27-23(18(38)9-10-19(31)28-29-12-11-26-14-29)22(25(33)37-5-2)21(20)16-7-6-8-17(13-16)30(34)35/h6-8,11-14,18,21,27,38H,4-5,9-10H2,1-3H3,(H,28,31). The number of benzene rings is 1. The minimum atomic E-state index is -1.03. The molecule has 0 fully saturated rings. The smallest absolute Gasteiger partial charge is 0.336 e. The highest BCUT2D eigenvalue weighted by Gasteiger charge is 2.40. The minimum absolute atomic E-state index is 0.0548. The van der Waals surface area contributed by atoms with E-state index < -0.39 is 28.0 Å². The van der Waals surface area contributed by atoms with Crippen LogP contribution in [0.15, 0.2) is 65.5 Å². The number of amides is 1. The zero-order valence-corrected chi connectivity index (χ0v) is 22.1. The summed E-state index contributed by atoms with van der Waals surface area (Å²) in [5.41, 5.74) is 3.70.